The highest BCUT2D eigenvalue weighted by atomic mass is 35.5. The second-order valence-corrected chi connectivity index (χ2v) is 4.42. The molecule has 1 atom stereocenters. The summed E-state index contributed by atoms with van der Waals surface area (Å²) < 4.78 is 19.0. The van der Waals surface area contributed by atoms with Crippen molar-refractivity contribution in [2.75, 3.05) is 14.2 Å². The number of benzene rings is 1. The van der Waals surface area contributed by atoms with E-state index in [9.17, 15) is 4.39 Å². The molecule has 1 aromatic heterocycles. The van der Waals surface area contributed by atoms with E-state index in [1.54, 1.807) is 38.6 Å². The van der Waals surface area contributed by atoms with Crippen molar-refractivity contribution in [3.8, 4) is 5.75 Å². The molecule has 0 spiro atoms. The lowest BCUT2D eigenvalue weighted by Gasteiger charge is -2.18. The molecule has 0 bridgehead atoms. The Morgan fingerprint density at radius 1 is 1.37 bits per heavy atom. The van der Waals surface area contributed by atoms with Crippen LogP contribution < -0.4 is 10.1 Å². The third-order valence-electron chi connectivity index (χ3n) is 2.91. The van der Waals surface area contributed by atoms with Gasteiger partial charge in [0.05, 0.1) is 24.4 Å². The molecule has 0 fully saturated rings. The van der Waals surface area contributed by atoms with E-state index in [2.05, 4.69) is 10.3 Å². The van der Waals surface area contributed by atoms with E-state index in [0.29, 0.717) is 16.3 Å². The van der Waals surface area contributed by atoms with Crippen LogP contribution in [0.5, 0.6) is 5.75 Å². The first-order valence-corrected chi connectivity index (χ1v) is 6.15. The zero-order chi connectivity index (χ0) is 13.8. The average molecular weight is 281 g/mol. The van der Waals surface area contributed by atoms with Gasteiger partial charge in [-0.15, -0.1) is 0 Å². The molecule has 2 aromatic rings. The number of halogens is 2. The van der Waals surface area contributed by atoms with E-state index in [0.717, 1.165) is 5.56 Å². The Bertz CT molecular complexity index is 577. The summed E-state index contributed by atoms with van der Waals surface area (Å²) in [6.45, 7) is 0. The van der Waals surface area contributed by atoms with Crippen LogP contribution in [-0.4, -0.2) is 19.1 Å². The van der Waals surface area contributed by atoms with Gasteiger partial charge in [0, 0.05) is 11.8 Å². The largest absolute Gasteiger partial charge is 0.495 e. The second kappa shape index (κ2) is 5.99. The number of hydrogen-bond donors (Lipinski definition) is 1. The number of aromatic nitrogens is 1. The van der Waals surface area contributed by atoms with Gasteiger partial charge in [0.2, 0.25) is 0 Å². The molecule has 1 unspecified atom stereocenters. The topological polar surface area (TPSA) is 34.1 Å². The lowest BCUT2D eigenvalue weighted by atomic mass is 9.99. The van der Waals surface area contributed by atoms with E-state index in [-0.39, 0.29) is 11.9 Å². The van der Waals surface area contributed by atoms with Gasteiger partial charge in [-0.2, -0.15) is 0 Å². The van der Waals surface area contributed by atoms with Crippen LogP contribution in [0.4, 0.5) is 4.39 Å². The van der Waals surface area contributed by atoms with Crippen LogP contribution in [0, 0.1) is 5.82 Å². The van der Waals surface area contributed by atoms with Crippen molar-refractivity contribution in [1.82, 2.24) is 10.3 Å². The molecular weight excluding hydrogens is 267 g/mol. The fourth-order valence-corrected chi connectivity index (χ4v) is 2.17. The summed E-state index contributed by atoms with van der Waals surface area (Å²) in [5, 5.41) is 3.60. The summed E-state index contributed by atoms with van der Waals surface area (Å²) in [4.78, 5) is 3.75. The predicted octanol–water partition coefficient (Wildman–Crippen LogP) is 3.19. The Kier molecular flexibility index (Phi) is 4.35. The fraction of sp³-hybridized carbons (Fsp3) is 0.214. The lowest BCUT2D eigenvalue weighted by molar-refractivity contribution is 0.414. The van der Waals surface area contributed by atoms with Crippen molar-refractivity contribution in [1.29, 1.82) is 0 Å². The zero-order valence-electron chi connectivity index (χ0n) is 10.7. The van der Waals surface area contributed by atoms with Gasteiger partial charge >= 0.3 is 0 Å². The first-order chi connectivity index (χ1) is 9.17. The molecule has 100 valence electrons. The highest BCUT2D eigenvalue weighted by Crippen LogP contribution is 2.30. The van der Waals surface area contributed by atoms with Crippen LogP contribution in [0.3, 0.4) is 0 Å². The van der Waals surface area contributed by atoms with E-state index in [1.807, 2.05) is 6.07 Å². The summed E-state index contributed by atoms with van der Waals surface area (Å²) in [5.41, 5.74) is 1.40. The fourth-order valence-electron chi connectivity index (χ4n) is 1.98. The van der Waals surface area contributed by atoms with Gasteiger partial charge in [-0.05, 0) is 30.8 Å². The molecule has 0 aliphatic heterocycles. The summed E-state index contributed by atoms with van der Waals surface area (Å²) in [7, 11) is 3.32. The Labute approximate surface area is 116 Å². The molecular formula is C14H14ClFN2O. The number of hydrogen-bond acceptors (Lipinski definition) is 3. The van der Waals surface area contributed by atoms with Gasteiger partial charge in [-0.25, -0.2) is 4.39 Å². The third-order valence-corrected chi connectivity index (χ3v) is 3.22. The van der Waals surface area contributed by atoms with Crippen molar-refractivity contribution < 1.29 is 9.13 Å². The molecule has 19 heavy (non-hydrogen) atoms. The molecule has 0 aliphatic carbocycles. The second-order valence-electron chi connectivity index (χ2n) is 4.01. The van der Waals surface area contributed by atoms with E-state index in [4.69, 9.17) is 16.3 Å². The third kappa shape index (κ3) is 2.85. The normalized spacial score (nSPS) is 12.2. The molecule has 0 saturated heterocycles. The molecule has 1 heterocycles. The molecule has 3 nitrogen and oxygen atoms in total. The minimum atomic E-state index is -0.351. The SMILES string of the molecule is CNC(c1ccc(Cl)c(OC)c1)c1ccncc1F. The number of nitrogens with one attached hydrogen (secondary N) is 1. The molecule has 2 rings (SSSR count). The number of ether oxygens (including phenoxy) is 1. The Morgan fingerprint density at radius 2 is 2.16 bits per heavy atom. The summed E-state index contributed by atoms with van der Waals surface area (Å²) >= 11 is 5.99. The molecule has 1 aromatic carbocycles. The monoisotopic (exact) mass is 280 g/mol. The highest BCUT2D eigenvalue weighted by molar-refractivity contribution is 6.32. The molecule has 5 heteroatoms. The lowest BCUT2D eigenvalue weighted by Crippen LogP contribution is -2.19. The summed E-state index contributed by atoms with van der Waals surface area (Å²) in [5.74, 6) is 0.213. The quantitative estimate of drug-likeness (QED) is 0.934. The maximum atomic E-state index is 13.8. The first-order valence-electron chi connectivity index (χ1n) is 5.77. The van der Waals surface area contributed by atoms with Crippen molar-refractivity contribution >= 4 is 11.6 Å². The smallest absolute Gasteiger partial charge is 0.146 e. The zero-order valence-corrected chi connectivity index (χ0v) is 11.4. The summed E-state index contributed by atoms with van der Waals surface area (Å²) in [6, 6.07) is 6.74. The van der Waals surface area contributed by atoms with Crippen LogP contribution in [0.25, 0.3) is 0 Å². The van der Waals surface area contributed by atoms with Crippen molar-refractivity contribution in [2.24, 2.45) is 0 Å². The molecule has 0 aliphatic rings. The van der Waals surface area contributed by atoms with E-state index in [1.165, 1.54) is 6.20 Å². The van der Waals surface area contributed by atoms with Gasteiger partial charge in [0.1, 0.15) is 11.6 Å². The van der Waals surface area contributed by atoms with Crippen LogP contribution in [0.1, 0.15) is 17.2 Å². The predicted molar refractivity (Wildman–Crippen MR) is 73.1 cm³/mol. The average Bonchev–Trinajstić information content (AvgIpc) is 2.43. The minimum Gasteiger partial charge on any atom is -0.495 e. The van der Waals surface area contributed by atoms with Gasteiger partial charge in [0.15, 0.2) is 0 Å². The molecule has 0 radical (unpaired) electrons. The van der Waals surface area contributed by atoms with Crippen molar-refractivity contribution in [3.05, 3.63) is 58.6 Å². The summed E-state index contributed by atoms with van der Waals surface area (Å²) in [6.07, 6.45) is 2.77. The van der Waals surface area contributed by atoms with Crippen LogP contribution in [0.2, 0.25) is 5.02 Å². The van der Waals surface area contributed by atoms with Crippen LogP contribution in [0.15, 0.2) is 36.7 Å². The highest BCUT2D eigenvalue weighted by Gasteiger charge is 2.17. The number of rotatable bonds is 4. The van der Waals surface area contributed by atoms with Gasteiger partial charge in [-0.1, -0.05) is 17.7 Å². The van der Waals surface area contributed by atoms with Gasteiger partial charge in [0.25, 0.3) is 0 Å². The van der Waals surface area contributed by atoms with Crippen LogP contribution in [-0.2, 0) is 0 Å². The Hall–Kier alpha value is -1.65. The number of nitrogens with zero attached hydrogens (tertiary/aromatic N) is 1. The molecule has 0 saturated carbocycles. The van der Waals surface area contributed by atoms with Gasteiger partial charge in [-0.3, -0.25) is 4.98 Å². The maximum absolute atomic E-state index is 13.8. The Balaban J connectivity index is 2.45. The van der Waals surface area contributed by atoms with E-state index >= 15 is 0 Å². The van der Waals surface area contributed by atoms with Crippen LogP contribution >= 0.6 is 11.6 Å². The van der Waals surface area contributed by atoms with Gasteiger partial charge < -0.3 is 10.1 Å². The molecule has 0 amide bonds. The first kappa shape index (κ1) is 13.8. The Morgan fingerprint density at radius 3 is 2.79 bits per heavy atom. The maximum Gasteiger partial charge on any atom is 0.146 e. The van der Waals surface area contributed by atoms with Crippen molar-refractivity contribution in [3.63, 3.8) is 0 Å². The molecule has 1 N–H and O–H groups in total. The van der Waals surface area contributed by atoms with Crippen molar-refractivity contribution in [2.45, 2.75) is 6.04 Å². The number of methoxy groups -OCH3 is 1. The van der Waals surface area contributed by atoms with E-state index < -0.39 is 0 Å². The number of pyridine rings is 1. The minimum absolute atomic E-state index is 0.283. The standard InChI is InChI=1S/C14H14ClFN2O/c1-17-14(10-5-6-18-8-12(10)16)9-3-4-11(15)13(7-9)19-2/h3-8,14,17H,1-2H3.